The first-order chi connectivity index (χ1) is 4.80. The van der Waals surface area contributed by atoms with E-state index in [1.54, 1.807) is 0 Å². The number of rotatable bonds is 0. The summed E-state index contributed by atoms with van der Waals surface area (Å²) in [6.07, 6.45) is 3.29. The molecule has 0 aromatic carbocycles. The van der Waals surface area contributed by atoms with Crippen molar-refractivity contribution in [2.75, 3.05) is 13.1 Å². The zero-order chi connectivity index (χ0) is 7.40. The first-order valence-electron chi connectivity index (χ1n) is 4.19. The summed E-state index contributed by atoms with van der Waals surface area (Å²) in [5.41, 5.74) is 0. The first-order valence-corrected chi connectivity index (χ1v) is 4.19. The molecule has 10 heavy (non-hydrogen) atoms. The van der Waals surface area contributed by atoms with Gasteiger partial charge in [-0.25, -0.2) is 0 Å². The van der Waals surface area contributed by atoms with E-state index in [9.17, 15) is 5.11 Å². The van der Waals surface area contributed by atoms with E-state index < -0.39 is 0 Å². The number of hydrogen-bond acceptors (Lipinski definition) is 2. The van der Waals surface area contributed by atoms with Gasteiger partial charge in [0.1, 0.15) is 0 Å². The van der Waals surface area contributed by atoms with Crippen LogP contribution in [0.4, 0.5) is 0 Å². The lowest BCUT2D eigenvalue weighted by Crippen LogP contribution is -2.32. The third-order valence-corrected chi connectivity index (χ3v) is 2.23. The smallest absolute Gasteiger partial charge is 0.0577 e. The summed E-state index contributed by atoms with van der Waals surface area (Å²) in [7, 11) is 0. The topological polar surface area (TPSA) is 32.3 Å². The molecule has 1 saturated heterocycles. The molecular formula is C8H17NO. The molecule has 0 aromatic heterocycles. The third kappa shape index (κ3) is 2.27. The highest BCUT2D eigenvalue weighted by Gasteiger charge is 2.14. The number of aliphatic hydroxyl groups is 1. The van der Waals surface area contributed by atoms with E-state index in [1.165, 1.54) is 12.8 Å². The molecule has 1 rings (SSSR count). The maximum absolute atomic E-state index is 9.44. The summed E-state index contributed by atoms with van der Waals surface area (Å²) >= 11 is 0. The zero-order valence-corrected chi connectivity index (χ0v) is 6.64. The van der Waals surface area contributed by atoms with Crippen molar-refractivity contribution in [1.82, 2.24) is 5.32 Å². The second kappa shape index (κ2) is 3.94. The van der Waals surface area contributed by atoms with Crippen molar-refractivity contribution in [3.05, 3.63) is 0 Å². The summed E-state index contributed by atoms with van der Waals surface area (Å²) in [4.78, 5) is 0. The SMILES string of the molecule is CC1CNCCCCC1O. The van der Waals surface area contributed by atoms with Crippen molar-refractivity contribution in [3.63, 3.8) is 0 Å². The van der Waals surface area contributed by atoms with Gasteiger partial charge in [0.05, 0.1) is 6.10 Å². The molecule has 2 atom stereocenters. The lowest BCUT2D eigenvalue weighted by molar-refractivity contribution is 0.0986. The lowest BCUT2D eigenvalue weighted by atomic mass is 9.98. The van der Waals surface area contributed by atoms with Crippen molar-refractivity contribution in [1.29, 1.82) is 0 Å². The van der Waals surface area contributed by atoms with E-state index in [2.05, 4.69) is 12.2 Å². The van der Waals surface area contributed by atoms with Gasteiger partial charge in [0.2, 0.25) is 0 Å². The van der Waals surface area contributed by atoms with E-state index in [-0.39, 0.29) is 6.10 Å². The fourth-order valence-corrected chi connectivity index (χ4v) is 1.35. The van der Waals surface area contributed by atoms with Gasteiger partial charge < -0.3 is 10.4 Å². The van der Waals surface area contributed by atoms with Crippen molar-refractivity contribution in [2.24, 2.45) is 5.92 Å². The Balaban J connectivity index is 2.28. The fourth-order valence-electron chi connectivity index (χ4n) is 1.35. The molecule has 1 fully saturated rings. The van der Waals surface area contributed by atoms with Crippen LogP contribution in [0, 0.1) is 5.92 Å². The largest absolute Gasteiger partial charge is 0.393 e. The molecular weight excluding hydrogens is 126 g/mol. The standard InChI is InChI=1S/C8H17NO/c1-7-6-9-5-3-2-4-8(7)10/h7-10H,2-6H2,1H3. The Morgan fingerprint density at radius 3 is 3.00 bits per heavy atom. The van der Waals surface area contributed by atoms with E-state index in [4.69, 9.17) is 0 Å². The monoisotopic (exact) mass is 143 g/mol. The van der Waals surface area contributed by atoms with Crippen molar-refractivity contribution in [3.8, 4) is 0 Å². The summed E-state index contributed by atoms with van der Waals surface area (Å²) in [5, 5.41) is 12.8. The van der Waals surface area contributed by atoms with Gasteiger partial charge in [-0.3, -0.25) is 0 Å². The number of nitrogens with one attached hydrogen (secondary N) is 1. The quantitative estimate of drug-likeness (QED) is 0.524. The molecule has 1 heterocycles. The fraction of sp³-hybridized carbons (Fsp3) is 1.00. The Labute approximate surface area is 62.6 Å². The van der Waals surface area contributed by atoms with Crippen LogP contribution in [0.5, 0.6) is 0 Å². The summed E-state index contributed by atoms with van der Waals surface area (Å²) < 4.78 is 0. The highest BCUT2D eigenvalue weighted by atomic mass is 16.3. The second-order valence-corrected chi connectivity index (χ2v) is 3.24. The summed E-state index contributed by atoms with van der Waals surface area (Å²) in [5.74, 6) is 0.431. The van der Waals surface area contributed by atoms with Crippen LogP contribution < -0.4 is 5.32 Å². The van der Waals surface area contributed by atoms with Gasteiger partial charge in [-0.05, 0) is 31.7 Å². The van der Waals surface area contributed by atoms with Crippen LogP contribution in [0.3, 0.4) is 0 Å². The molecule has 0 radical (unpaired) electrons. The van der Waals surface area contributed by atoms with Gasteiger partial charge in [0.25, 0.3) is 0 Å². The number of hydrogen-bond donors (Lipinski definition) is 2. The van der Waals surface area contributed by atoms with Gasteiger partial charge >= 0.3 is 0 Å². The molecule has 0 spiro atoms. The normalized spacial score (nSPS) is 36.6. The molecule has 0 saturated carbocycles. The van der Waals surface area contributed by atoms with E-state index in [1.807, 2.05) is 0 Å². The average molecular weight is 143 g/mol. The third-order valence-electron chi connectivity index (χ3n) is 2.23. The molecule has 0 aromatic rings. The molecule has 1 aliphatic heterocycles. The minimum atomic E-state index is -0.0761. The highest BCUT2D eigenvalue weighted by molar-refractivity contribution is 4.69. The van der Waals surface area contributed by atoms with Gasteiger partial charge in [-0.1, -0.05) is 6.92 Å². The van der Waals surface area contributed by atoms with Gasteiger partial charge in [0, 0.05) is 6.54 Å². The molecule has 1 aliphatic rings. The van der Waals surface area contributed by atoms with E-state index in [0.29, 0.717) is 5.92 Å². The van der Waals surface area contributed by atoms with Crippen LogP contribution in [0.2, 0.25) is 0 Å². The first kappa shape index (κ1) is 8.02. The van der Waals surface area contributed by atoms with Crippen LogP contribution in [-0.2, 0) is 0 Å². The molecule has 2 unspecified atom stereocenters. The molecule has 60 valence electrons. The molecule has 0 aliphatic carbocycles. The van der Waals surface area contributed by atoms with Crippen LogP contribution in [0.15, 0.2) is 0 Å². The minimum Gasteiger partial charge on any atom is -0.393 e. The van der Waals surface area contributed by atoms with E-state index >= 15 is 0 Å². The Morgan fingerprint density at radius 1 is 1.40 bits per heavy atom. The molecule has 0 bridgehead atoms. The van der Waals surface area contributed by atoms with E-state index in [0.717, 1.165) is 19.5 Å². The lowest BCUT2D eigenvalue weighted by Gasteiger charge is -2.22. The highest BCUT2D eigenvalue weighted by Crippen LogP contribution is 2.11. The van der Waals surface area contributed by atoms with Crippen molar-refractivity contribution >= 4 is 0 Å². The predicted octanol–water partition coefficient (Wildman–Crippen LogP) is 0.757. The number of aliphatic hydroxyl groups excluding tert-OH is 1. The molecule has 0 amide bonds. The van der Waals surface area contributed by atoms with Gasteiger partial charge in [-0.2, -0.15) is 0 Å². The predicted molar refractivity (Wildman–Crippen MR) is 41.9 cm³/mol. The van der Waals surface area contributed by atoms with Crippen molar-refractivity contribution < 1.29 is 5.11 Å². The van der Waals surface area contributed by atoms with Gasteiger partial charge in [0.15, 0.2) is 0 Å². The maximum atomic E-state index is 9.44. The summed E-state index contributed by atoms with van der Waals surface area (Å²) in [6, 6.07) is 0. The second-order valence-electron chi connectivity index (χ2n) is 3.24. The maximum Gasteiger partial charge on any atom is 0.0577 e. The molecule has 2 heteroatoms. The van der Waals surface area contributed by atoms with Crippen LogP contribution >= 0.6 is 0 Å². The minimum absolute atomic E-state index is 0.0761. The Hall–Kier alpha value is -0.0800. The molecule has 2 nitrogen and oxygen atoms in total. The summed E-state index contributed by atoms with van der Waals surface area (Å²) in [6.45, 7) is 4.20. The van der Waals surface area contributed by atoms with Gasteiger partial charge in [-0.15, -0.1) is 0 Å². The van der Waals surface area contributed by atoms with Crippen LogP contribution in [0.1, 0.15) is 26.2 Å². The average Bonchev–Trinajstić information content (AvgIpc) is 1.92. The Kier molecular flexibility index (Phi) is 3.16. The zero-order valence-electron chi connectivity index (χ0n) is 6.64. The Morgan fingerprint density at radius 2 is 2.20 bits per heavy atom. The van der Waals surface area contributed by atoms with Crippen LogP contribution in [0.25, 0.3) is 0 Å². The Bertz CT molecular complexity index is 83.3. The molecule has 2 N–H and O–H groups in total. The van der Waals surface area contributed by atoms with Crippen LogP contribution in [-0.4, -0.2) is 24.3 Å². The van der Waals surface area contributed by atoms with Crippen molar-refractivity contribution in [2.45, 2.75) is 32.3 Å².